The normalized spacial score (nSPS) is 17.9. The van der Waals surface area contributed by atoms with E-state index in [-0.39, 0.29) is 5.91 Å². The lowest BCUT2D eigenvalue weighted by Gasteiger charge is -2.32. The summed E-state index contributed by atoms with van der Waals surface area (Å²) in [6.07, 6.45) is 2.48. The number of hydrogen-bond donors (Lipinski definition) is 2. The van der Waals surface area contributed by atoms with Gasteiger partial charge in [-0.3, -0.25) is 9.59 Å². The highest BCUT2D eigenvalue weighted by atomic mass is 16.2. The molecule has 3 heterocycles. The third-order valence-corrected chi connectivity index (χ3v) is 4.78. The Morgan fingerprint density at radius 3 is 2.84 bits per heavy atom. The highest BCUT2D eigenvalue weighted by Gasteiger charge is 2.21. The molecule has 1 fully saturated rings. The quantitative estimate of drug-likeness (QED) is 0.824. The molecule has 1 saturated heterocycles. The van der Waals surface area contributed by atoms with Gasteiger partial charge in [-0.1, -0.05) is 0 Å². The Morgan fingerprint density at radius 1 is 1.40 bits per heavy atom. The van der Waals surface area contributed by atoms with Crippen LogP contribution in [0, 0.1) is 13.8 Å². The largest absolute Gasteiger partial charge is 0.365 e. The van der Waals surface area contributed by atoms with Crippen molar-refractivity contribution in [1.29, 1.82) is 0 Å². The average Bonchev–Trinajstić information content (AvgIpc) is 2.98. The molecule has 0 radical (unpaired) electrons. The van der Waals surface area contributed by atoms with Crippen LogP contribution in [0.3, 0.4) is 0 Å². The second kappa shape index (κ2) is 6.79. The number of primary amides is 1. The Bertz CT molecular complexity index is 828. The summed E-state index contributed by atoms with van der Waals surface area (Å²) in [5.74, 6) is -0.386. The monoisotopic (exact) mass is 344 g/mol. The molecule has 3 N–H and O–H groups in total. The Hall–Kier alpha value is -2.48. The minimum absolute atomic E-state index is 0.158. The molecule has 1 atom stereocenters. The minimum Gasteiger partial charge on any atom is -0.365 e. The van der Waals surface area contributed by atoms with E-state index in [4.69, 9.17) is 5.73 Å². The molecular formula is C17H24N6O2. The number of aryl methyl sites for hydroxylation is 2. The summed E-state index contributed by atoms with van der Waals surface area (Å²) in [6.45, 7) is 8.22. The maximum Gasteiger partial charge on any atom is 0.254 e. The number of nitrogens with two attached hydrogens (primary N) is 1. The SMILES string of the molecule is Cc1nc2c(C(N)=O)cnn2c(C)c1CCC(=O)N1CCN[C@H](C)C1. The molecule has 0 aliphatic carbocycles. The van der Waals surface area contributed by atoms with Crippen molar-refractivity contribution in [3.8, 4) is 0 Å². The van der Waals surface area contributed by atoms with E-state index in [1.165, 1.54) is 6.20 Å². The smallest absolute Gasteiger partial charge is 0.254 e. The number of piperazine rings is 1. The van der Waals surface area contributed by atoms with Crippen molar-refractivity contribution in [2.75, 3.05) is 19.6 Å². The lowest BCUT2D eigenvalue weighted by Crippen LogP contribution is -2.51. The van der Waals surface area contributed by atoms with Gasteiger partial charge < -0.3 is 16.0 Å². The van der Waals surface area contributed by atoms with Gasteiger partial charge in [-0.05, 0) is 32.8 Å². The van der Waals surface area contributed by atoms with Gasteiger partial charge in [0.15, 0.2) is 5.65 Å². The molecule has 134 valence electrons. The Morgan fingerprint density at radius 2 is 2.16 bits per heavy atom. The van der Waals surface area contributed by atoms with E-state index in [1.54, 1.807) is 4.52 Å². The first kappa shape index (κ1) is 17.3. The molecule has 0 saturated carbocycles. The summed E-state index contributed by atoms with van der Waals surface area (Å²) in [5.41, 5.74) is 8.82. The second-order valence-electron chi connectivity index (χ2n) is 6.61. The van der Waals surface area contributed by atoms with Crippen LogP contribution in [0.25, 0.3) is 5.65 Å². The molecule has 2 aromatic rings. The molecule has 0 unspecified atom stereocenters. The molecule has 2 amide bonds. The van der Waals surface area contributed by atoms with Crippen molar-refractivity contribution in [2.45, 2.75) is 39.7 Å². The number of aromatic nitrogens is 3. The fourth-order valence-corrected chi connectivity index (χ4v) is 3.40. The first-order chi connectivity index (χ1) is 11.9. The zero-order chi connectivity index (χ0) is 18.1. The van der Waals surface area contributed by atoms with Gasteiger partial charge in [0.25, 0.3) is 5.91 Å². The molecule has 25 heavy (non-hydrogen) atoms. The standard InChI is InChI=1S/C17H24N6O2/c1-10-9-22(7-6-19-10)15(24)5-4-13-11(2)21-17-14(16(18)25)8-20-23(17)12(13)3/h8,10,19H,4-7,9H2,1-3H3,(H2,18,25)/t10-/m1/s1. The van der Waals surface area contributed by atoms with E-state index in [0.717, 1.165) is 36.6 Å². The number of carbonyl (C=O) groups excluding carboxylic acids is 2. The van der Waals surface area contributed by atoms with Crippen LogP contribution in [-0.2, 0) is 11.2 Å². The molecule has 8 nitrogen and oxygen atoms in total. The predicted octanol–water partition coefficient (Wildman–Crippen LogP) is 0.198. The average molecular weight is 344 g/mol. The molecule has 0 spiro atoms. The van der Waals surface area contributed by atoms with Gasteiger partial charge in [0, 0.05) is 43.5 Å². The van der Waals surface area contributed by atoms with E-state index < -0.39 is 5.91 Å². The second-order valence-corrected chi connectivity index (χ2v) is 6.61. The molecule has 3 rings (SSSR count). The number of hydrogen-bond acceptors (Lipinski definition) is 5. The molecular weight excluding hydrogens is 320 g/mol. The van der Waals surface area contributed by atoms with Crippen molar-refractivity contribution in [1.82, 2.24) is 24.8 Å². The lowest BCUT2D eigenvalue weighted by molar-refractivity contribution is -0.132. The molecule has 8 heteroatoms. The Labute approximate surface area is 146 Å². The Kier molecular flexibility index (Phi) is 4.71. The van der Waals surface area contributed by atoms with Gasteiger partial charge in [-0.25, -0.2) is 9.50 Å². The summed E-state index contributed by atoms with van der Waals surface area (Å²) in [6, 6.07) is 0.329. The summed E-state index contributed by atoms with van der Waals surface area (Å²) in [4.78, 5) is 30.4. The van der Waals surface area contributed by atoms with Gasteiger partial charge in [0.2, 0.25) is 5.91 Å². The van der Waals surface area contributed by atoms with E-state index in [1.807, 2.05) is 18.7 Å². The van der Waals surface area contributed by atoms with Gasteiger partial charge in [0.05, 0.1) is 6.20 Å². The van der Waals surface area contributed by atoms with Crippen LogP contribution in [0.15, 0.2) is 6.20 Å². The van der Waals surface area contributed by atoms with Crippen molar-refractivity contribution in [3.05, 3.63) is 28.7 Å². The molecule has 0 aromatic carbocycles. The van der Waals surface area contributed by atoms with E-state index in [0.29, 0.717) is 30.1 Å². The van der Waals surface area contributed by atoms with Crippen molar-refractivity contribution < 1.29 is 9.59 Å². The van der Waals surface area contributed by atoms with Gasteiger partial charge >= 0.3 is 0 Å². The number of nitrogens with one attached hydrogen (secondary N) is 1. The number of nitrogens with zero attached hydrogens (tertiary/aromatic N) is 4. The topological polar surface area (TPSA) is 106 Å². The summed E-state index contributed by atoms with van der Waals surface area (Å²) < 4.78 is 1.62. The van der Waals surface area contributed by atoms with E-state index in [9.17, 15) is 9.59 Å². The first-order valence-corrected chi connectivity index (χ1v) is 8.53. The third kappa shape index (κ3) is 3.34. The van der Waals surface area contributed by atoms with Gasteiger partial charge in [-0.15, -0.1) is 0 Å². The van der Waals surface area contributed by atoms with E-state index >= 15 is 0 Å². The van der Waals surface area contributed by atoms with Crippen LogP contribution in [0.2, 0.25) is 0 Å². The molecule has 0 bridgehead atoms. The summed E-state index contributed by atoms with van der Waals surface area (Å²) in [7, 11) is 0. The fourth-order valence-electron chi connectivity index (χ4n) is 3.40. The van der Waals surface area contributed by atoms with E-state index in [2.05, 4.69) is 22.3 Å². The highest BCUT2D eigenvalue weighted by molar-refractivity contribution is 5.98. The van der Waals surface area contributed by atoms with Crippen LogP contribution >= 0.6 is 0 Å². The van der Waals surface area contributed by atoms with Crippen LogP contribution < -0.4 is 11.1 Å². The summed E-state index contributed by atoms with van der Waals surface area (Å²) in [5, 5.41) is 7.55. The zero-order valence-electron chi connectivity index (χ0n) is 14.9. The van der Waals surface area contributed by atoms with Crippen LogP contribution in [0.1, 0.15) is 40.7 Å². The number of rotatable bonds is 4. The van der Waals surface area contributed by atoms with Crippen LogP contribution in [-0.4, -0.2) is 57.0 Å². The zero-order valence-corrected chi connectivity index (χ0v) is 14.9. The van der Waals surface area contributed by atoms with Crippen LogP contribution in [0.4, 0.5) is 0 Å². The number of carbonyl (C=O) groups is 2. The van der Waals surface area contributed by atoms with Gasteiger partial charge in [-0.2, -0.15) is 5.10 Å². The molecule has 1 aliphatic heterocycles. The van der Waals surface area contributed by atoms with Gasteiger partial charge in [0.1, 0.15) is 5.56 Å². The third-order valence-electron chi connectivity index (χ3n) is 4.78. The maximum atomic E-state index is 12.5. The fraction of sp³-hybridized carbons (Fsp3) is 0.529. The van der Waals surface area contributed by atoms with Crippen LogP contribution in [0.5, 0.6) is 0 Å². The molecule has 1 aliphatic rings. The van der Waals surface area contributed by atoms with Crippen molar-refractivity contribution in [2.24, 2.45) is 5.73 Å². The van der Waals surface area contributed by atoms with Crippen molar-refractivity contribution >= 4 is 17.5 Å². The summed E-state index contributed by atoms with van der Waals surface area (Å²) >= 11 is 0. The minimum atomic E-state index is -0.544. The maximum absolute atomic E-state index is 12.5. The Balaban J connectivity index is 1.79. The first-order valence-electron chi connectivity index (χ1n) is 8.53. The number of amides is 2. The predicted molar refractivity (Wildman–Crippen MR) is 93.3 cm³/mol. The van der Waals surface area contributed by atoms with Crippen molar-refractivity contribution in [3.63, 3.8) is 0 Å². The highest BCUT2D eigenvalue weighted by Crippen LogP contribution is 2.19. The number of fused-ring (bicyclic) bond motifs is 1. The lowest BCUT2D eigenvalue weighted by atomic mass is 10.1. The molecule has 2 aromatic heterocycles.